The number of aromatic nitrogens is 1. The Bertz CT molecular complexity index is 681. The van der Waals surface area contributed by atoms with Gasteiger partial charge in [-0.25, -0.2) is 8.78 Å². The van der Waals surface area contributed by atoms with E-state index in [0.29, 0.717) is 11.3 Å². The van der Waals surface area contributed by atoms with Crippen molar-refractivity contribution in [2.75, 3.05) is 5.32 Å². The zero-order valence-corrected chi connectivity index (χ0v) is 11.6. The van der Waals surface area contributed by atoms with Crippen LogP contribution in [0.15, 0.2) is 30.6 Å². The molecule has 0 saturated heterocycles. The lowest BCUT2D eigenvalue weighted by atomic mass is 10.0. The predicted octanol–water partition coefficient (Wildman–Crippen LogP) is 3.33. The van der Waals surface area contributed by atoms with Crippen molar-refractivity contribution in [3.63, 3.8) is 0 Å². The summed E-state index contributed by atoms with van der Waals surface area (Å²) in [6, 6.07) is 3.58. The molecular weight excluding hydrogens is 276 g/mol. The molecule has 1 aromatic heterocycles. The van der Waals surface area contributed by atoms with Gasteiger partial charge in [-0.15, -0.1) is 0 Å². The Morgan fingerprint density at radius 2 is 1.86 bits per heavy atom. The SMILES string of the molecule is CC(C)(O)c1cncc(Nc2cc(F)c(F)cc2C=N)c1. The summed E-state index contributed by atoms with van der Waals surface area (Å²) in [5, 5.41) is 20.1. The molecule has 0 unspecified atom stereocenters. The Morgan fingerprint density at radius 3 is 2.48 bits per heavy atom. The van der Waals surface area contributed by atoms with Gasteiger partial charge >= 0.3 is 0 Å². The standard InChI is InChI=1S/C15H15F2N3O/c1-15(2,21)10-4-11(8-19-7-10)20-14-5-13(17)12(16)3-9(14)6-18/h3-8,18,20-21H,1-2H3. The molecule has 0 aliphatic heterocycles. The first-order valence-corrected chi connectivity index (χ1v) is 6.25. The highest BCUT2D eigenvalue weighted by Crippen LogP contribution is 2.26. The minimum Gasteiger partial charge on any atom is -0.386 e. The van der Waals surface area contributed by atoms with Crippen molar-refractivity contribution in [2.24, 2.45) is 0 Å². The van der Waals surface area contributed by atoms with E-state index in [1.807, 2.05) is 0 Å². The Kier molecular flexibility index (Phi) is 3.99. The highest BCUT2D eigenvalue weighted by atomic mass is 19.2. The number of benzene rings is 1. The van der Waals surface area contributed by atoms with E-state index in [2.05, 4.69) is 10.3 Å². The van der Waals surface area contributed by atoms with Gasteiger partial charge in [-0.1, -0.05) is 0 Å². The second kappa shape index (κ2) is 5.57. The first kappa shape index (κ1) is 15.1. The number of rotatable bonds is 4. The highest BCUT2D eigenvalue weighted by molar-refractivity contribution is 5.87. The van der Waals surface area contributed by atoms with Crippen LogP contribution in [0.5, 0.6) is 0 Å². The fourth-order valence-electron chi connectivity index (χ4n) is 1.79. The number of anilines is 2. The van der Waals surface area contributed by atoms with E-state index >= 15 is 0 Å². The van der Waals surface area contributed by atoms with E-state index < -0.39 is 17.2 Å². The van der Waals surface area contributed by atoms with Crippen molar-refractivity contribution in [1.82, 2.24) is 4.98 Å². The number of hydrogen-bond donors (Lipinski definition) is 3. The molecule has 0 spiro atoms. The number of hydrogen-bond acceptors (Lipinski definition) is 4. The molecular formula is C15H15F2N3O. The van der Waals surface area contributed by atoms with Crippen LogP contribution in [-0.2, 0) is 5.60 Å². The molecule has 1 aromatic carbocycles. The van der Waals surface area contributed by atoms with Gasteiger partial charge in [0, 0.05) is 29.6 Å². The van der Waals surface area contributed by atoms with Gasteiger partial charge in [0.2, 0.25) is 0 Å². The van der Waals surface area contributed by atoms with Gasteiger partial charge in [-0.05, 0) is 26.0 Å². The van der Waals surface area contributed by atoms with E-state index in [1.54, 1.807) is 19.9 Å². The Morgan fingerprint density at radius 1 is 1.19 bits per heavy atom. The molecule has 0 atom stereocenters. The molecule has 0 bridgehead atoms. The van der Waals surface area contributed by atoms with Crippen molar-refractivity contribution >= 4 is 17.6 Å². The Hall–Kier alpha value is -2.34. The maximum absolute atomic E-state index is 13.3. The van der Waals surface area contributed by atoms with E-state index in [4.69, 9.17) is 5.41 Å². The van der Waals surface area contributed by atoms with Crippen molar-refractivity contribution in [3.8, 4) is 0 Å². The second-order valence-corrected chi connectivity index (χ2v) is 5.14. The van der Waals surface area contributed by atoms with Crippen molar-refractivity contribution < 1.29 is 13.9 Å². The van der Waals surface area contributed by atoms with E-state index in [-0.39, 0.29) is 11.3 Å². The summed E-state index contributed by atoms with van der Waals surface area (Å²) in [5.41, 5.74) is 0.472. The monoisotopic (exact) mass is 291 g/mol. The molecule has 0 amide bonds. The Labute approximate surface area is 121 Å². The number of aliphatic hydroxyl groups is 1. The lowest BCUT2D eigenvalue weighted by Gasteiger charge is -2.18. The maximum atomic E-state index is 13.3. The van der Waals surface area contributed by atoms with Crippen LogP contribution in [0, 0.1) is 17.0 Å². The molecule has 6 heteroatoms. The molecule has 2 aromatic rings. The van der Waals surface area contributed by atoms with Crippen LogP contribution in [0.2, 0.25) is 0 Å². The first-order valence-electron chi connectivity index (χ1n) is 6.25. The van der Waals surface area contributed by atoms with Crippen LogP contribution in [0.4, 0.5) is 20.2 Å². The van der Waals surface area contributed by atoms with Crippen LogP contribution in [0.3, 0.4) is 0 Å². The zero-order chi connectivity index (χ0) is 15.6. The molecule has 4 nitrogen and oxygen atoms in total. The van der Waals surface area contributed by atoms with Gasteiger partial charge in [0.15, 0.2) is 11.6 Å². The number of halogens is 2. The third kappa shape index (κ3) is 3.41. The minimum absolute atomic E-state index is 0.211. The second-order valence-electron chi connectivity index (χ2n) is 5.14. The van der Waals surface area contributed by atoms with E-state index in [1.165, 1.54) is 12.4 Å². The van der Waals surface area contributed by atoms with Gasteiger partial charge in [0.05, 0.1) is 23.2 Å². The molecule has 0 saturated carbocycles. The molecule has 21 heavy (non-hydrogen) atoms. The Balaban J connectivity index is 2.39. The van der Waals surface area contributed by atoms with Crippen LogP contribution in [0.1, 0.15) is 25.0 Å². The predicted molar refractivity (Wildman–Crippen MR) is 77.0 cm³/mol. The number of pyridine rings is 1. The molecule has 3 N–H and O–H groups in total. The lowest BCUT2D eigenvalue weighted by Crippen LogP contribution is -2.16. The average Bonchev–Trinajstić information content (AvgIpc) is 2.42. The quantitative estimate of drug-likeness (QED) is 0.757. The van der Waals surface area contributed by atoms with Crippen molar-refractivity contribution in [3.05, 3.63) is 53.4 Å². The molecule has 110 valence electrons. The highest BCUT2D eigenvalue weighted by Gasteiger charge is 2.17. The van der Waals surface area contributed by atoms with E-state index in [9.17, 15) is 13.9 Å². The summed E-state index contributed by atoms with van der Waals surface area (Å²) >= 11 is 0. The molecule has 0 aliphatic carbocycles. The van der Waals surface area contributed by atoms with Crippen LogP contribution < -0.4 is 5.32 Å². The third-order valence-electron chi connectivity index (χ3n) is 2.97. The van der Waals surface area contributed by atoms with Gasteiger partial charge in [-0.2, -0.15) is 0 Å². The summed E-state index contributed by atoms with van der Waals surface area (Å²) in [4.78, 5) is 4.00. The number of nitrogens with one attached hydrogen (secondary N) is 2. The summed E-state index contributed by atoms with van der Waals surface area (Å²) in [5.74, 6) is -2.02. The maximum Gasteiger partial charge on any atom is 0.160 e. The van der Waals surface area contributed by atoms with Gasteiger partial charge in [-0.3, -0.25) is 4.98 Å². The fraction of sp³-hybridized carbons (Fsp3) is 0.200. The van der Waals surface area contributed by atoms with Gasteiger partial charge < -0.3 is 15.8 Å². The summed E-state index contributed by atoms with van der Waals surface area (Å²) in [6.07, 6.45) is 3.94. The molecule has 1 heterocycles. The average molecular weight is 291 g/mol. The van der Waals surface area contributed by atoms with Crippen LogP contribution in [0.25, 0.3) is 0 Å². The summed E-state index contributed by atoms with van der Waals surface area (Å²) in [7, 11) is 0. The lowest BCUT2D eigenvalue weighted by molar-refractivity contribution is 0.0783. The van der Waals surface area contributed by atoms with Gasteiger partial charge in [0.25, 0.3) is 0 Å². The number of nitrogens with zero attached hydrogens (tertiary/aromatic N) is 1. The molecule has 0 radical (unpaired) electrons. The fourth-order valence-corrected chi connectivity index (χ4v) is 1.79. The van der Waals surface area contributed by atoms with Crippen molar-refractivity contribution in [1.29, 1.82) is 5.41 Å². The van der Waals surface area contributed by atoms with Crippen LogP contribution >= 0.6 is 0 Å². The molecule has 0 aliphatic rings. The zero-order valence-electron chi connectivity index (χ0n) is 11.6. The molecule has 0 fully saturated rings. The summed E-state index contributed by atoms with van der Waals surface area (Å²) < 4.78 is 26.5. The first-order chi connectivity index (χ1) is 9.81. The smallest absolute Gasteiger partial charge is 0.160 e. The van der Waals surface area contributed by atoms with Crippen molar-refractivity contribution in [2.45, 2.75) is 19.4 Å². The minimum atomic E-state index is -1.07. The van der Waals surface area contributed by atoms with E-state index in [0.717, 1.165) is 18.3 Å². The topological polar surface area (TPSA) is 69.0 Å². The van der Waals surface area contributed by atoms with Gasteiger partial charge in [0.1, 0.15) is 0 Å². The normalized spacial score (nSPS) is 11.3. The largest absolute Gasteiger partial charge is 0.386 e. The molecule has 2 rings (SSSR count). The summed E-state index contributed by atoms with van der Waals surface area (Å²) in [6.45, 7) is 3.24. The third-order valence-corrected chi connectivity index (χ3v) is 2.97. The van der Waals surface area contributed by atoms with Crippen LogP contribution in [-0.4, -0.2) is 16.3 Å².